The van der Waals surface area contributed by atoms with Crippen LogP contribution in [0.4, 0.5) is 0 Å². The summed E-state index contributed by atoms with van der Waals surface area (Å²) in [4.78, 5) is 6.89. The molecule has 0 amide bonds. The minimum absolute atomic E-state index is 0.603. The zero-order valence-corrected chi connectivity index (χ0v) is 15.4. The average molecular weight is 329 g/mol. The van der Waals surface area contributed by atoms with E-state index >= 15 is 0 Å². The van der Waals surface area contributed by atoms with Crippen LogP contribution in [0.3, 0.4) is 0 Å². The van der Waals surface area contributed by atoms with Gasteiger partial charge in [0.2, 0.25) is 0 Å². The maximum atomic E-state index is 4.31. The topological polar surface area (TPSA) is 39.7 Å². The molecule has 2 aliphatic rings. The second-order valence-electron chi connectivity index (χ2n) is 7.66. The van der Waals surface area contributed by atoms with E-state index in [-0.39, 0.29) is 0 Å². The Morgan fingerprint density at radius 3 is 2.33 bits per heavy atom. The Morgan fingerprint density at radius 1 is 1.12 bits per heavy atom. The molecule has 132 valence electrons. The van der Waals surface area contributed by atoms with Crippen molar-refractivity contribution in [3.8, 4) is 0 Å². The first-order valence-corrected chi connectivity index (χ1v) is 9.41. The van der Waals surface area contributed by atoms with Crippen molar-refractivity contribution in [1.29, 1.82) is 0 Å². The third-order valence-electron chi connectivity index (χ3n) is 5.42. The first kappa shape index (κ1) is 17.3. The Kier molecular flexibility index (Phi) is 5.77. The van der Waals surface area contributed by atoms with Crippen molar-refractivity contribution < 1.29 is 0 Å². The number of benzene rings is 1. The normalized spacial score (nSPS) is 25.5. The Hall–Kier alpha value is -1.55. The number of rotatable bonds is 5. The number of hydrogen-bond acceptors (Lipinski definition) is 2. The van der Waals surface area contributed by atoms with Crippen LogP contribution in [-0.4, -0.2) is 37.0 Å². The minimum Gasteiger partial charge on any atom is -0.353 e. The molecule has 1 heterocycles. The third-order valence-corrected chi connectivity index (χ3v) is 5.42. The molecule has 0 spiro atoms. The van der Waals surface area contributed by atoms with Gasteiger partial charge in [-0.2, -0.15) is 0 Å². The van der Waals surface area contributed by atoms with Gasteiger partial charge >= 0.3 is 0 Å². The molecule has 1 aromatic rings. The van der Waals surface area contributed by atoms with Crippen molar-refractivity contribution >= 4 is 5.96 Å². The van der Waals surface area contributed by atoms with E-state index in [4.69, 9.17) is 0 Å². The van der Waals surface area contributed by atoms with Crippen LogP contribution in [0.25, 0.3) is 0 Å². The molecule has 1 aromatic carbocycles. The van der Waals surface area contributed by atoms with Crippen molar-refractivity contribution in [3.05, 3.63) is 35.4 Å². The van der Waals surface area contributed by atoms with Crippen LogP contribution in [0.1, 0.15) is 44.2 Å². The highest BCUT2D eigenvalue weighted by Gasteiger charge is 2.33. The fourth-order valence-corrected chi connectivity index (χ4v) is 3.32. The molecule has 0 bridgehead atoms. The SMILES string of the molecule is CN=C(NCc1ccc(CN2CCC(C)CC2)cc1)NC1CC1C. The number of hydrogen-bond donors (Lipinski definition) is 2. The molecule has 4 nitrogen and oxygen atoms in total. The Balaban J connectivity index is 1.44. The summed E-state index contributed by atoms with van der Waals surface area (Å²) in [6, 6.07) is 9.62. The Labute approximate surface area is 146 Å². The van der Waals surface area contributed by atoms with Gasteiger partial charge in [0.1, 0.15) is 0 Å². The quantitative estimate of drug-likeness (QED) is 0.645. The van der Waals surface area contributed by atoms with Gasteiger partial charge in [0.05, 0.1) is 0 Å². The van der Waals surface area contributed by atoms with Crippen LogP contribution in [0.5, 0.6) is 0 Å². The third kappa shape index (κ3) is 4.97. The lowest BCUT2D eigenvalue weighted by atomic mass is 9.99. The Morgan fingerprint density at radius 2 is 1.75 bits per heavy atom. The van der Waals surface area contributed by atoms with Gasteiger partial charge in [-0.3, -0.25) is 9.89 Å². The van der Waals surface area contributed by atoms with E-state index in [1.165, 1.54) is 43.5 Å². The molecule has 2 fully saturated rings. The molecular formula is C20H32N4. The molecule has 0 radical (unpaired) electrons. The number of aliphatic imine (C=N–C) groups is 1. The van der Waals surface area contributed by atoms with Crippen molar-refractivity contribution in [2.75, 3.05) is 20.1 Å². The molecule has 2 unspecified atom stereocenters. The maximum absolute atomic E-state index is 4.31. The van der Waals surface area contributed by atoms with Gasteiger partial charge in [0, 0.05) is 26.2 Å². The van der Waals surface area contributed by atoms with Gasteiger partial charge in [-0.05, 0) is 55.3 Å². The van der Waals surface area contributed by atoms with Gasteiger partial charge in [0.25, 0.3) is 0 Å². The van der Waals surface area contributed by atoms with Crippen LogP contribution in [0.15, 0.2) is 29.3 Å². The number of piperidine rings is 1. The fraction of sp³-hybridized carbons (Fsp3) is 0.650. The van der Waals surface area contributed by atoms with Gasteiger partial charge in [-0.25, -0.2) is 0 Å². The molecule has 1 saturated carbocycles. The van der Waals surface area contributed by atoms with Crippen molar-refractivity contribution in [3.63, 3.8) is 0 Å². The average Bonchev–Trinajstić information content (AvgIpc) is 3.30. The van der Waals surface area contributed by atoms with E-state index in [1.807, 2.05) is 7.05 Å². The summed E-state index contributed by atoms with van der Waals surface area (Å²) in [5.74, 6) is 2.59. The number of nitrogens with one attached hydrogen (secondary N) is 2. The smallest absolute Gasteiger partial charge is 0.191 e. The molecule has 0 aromatic heterocycles. The Bertz CT molecular complexity index is 543. The summed E-state index contributed by atoms with van der Waals surface area (Å²) in [5, 5.41) is 6.87. The van der Waals surface area contributed by atoms with E-state index in [1.54, 1.807) is 0 Å². The number of nitrogens with zero attached hydrogens (tertiary/aromatic N) is 2. The highest BCUT2D eigenvalue weighted by atomic mass is 15.2. The molecule has 4 heteroatoms. The second kappa shape index (κ2) is 8.02. The predicted octanol–water partition coefficient (Wildman–Crippen LogP) is 2.99. The van der Waals surface area contributed by atoms with Gasteiger partial charge in [-0.1, -0.05) is 38.1 Å². The highest BCUT2D eigenvalue weighted by molar-refractivity contribution is 5.80. The summed E-state index contributed by atoms with van der Waals surface area (Å²) in [7, 11) is 1.84. The van der Waals surface area contributed by atoms with Crippen molar-refractivity contribution in [1.82, 2.24) is 15.5 Å². The van der Waals surface area contributed by atoms with E-state index < -0.39 is 0 Å². The second-order valence-corrected chi connectivity index (χ2v) is 7.66. The lowest BCUT2D eigenvalue weighted by molar-refractivity contribution is 0.185. The summed E-state index contributed by atoms with van der Waals surface area (Å²) in [5.41, 5.74) is 2.72. The number of guanidine groups is 1. The summed E-state index contributed by atoms with van der Waals surface area (Å²) < 4.78 is 0. The molecule has 2 atom stereocenters. The predicted molar refractivity (Wildman–Crippen MR) is 101 cm³/mol. The van der Waals surface area contributed by atoms with Crippen molar-refractivity contribution in [2.45, 2.75) is 52.2 Å². The molecule has 1 aliphatic heterocycles. The summed E-state index contributed by atoms with van der Waals surface area (Å²) >= 11 is 0. The largest absolute Gasteiger partial charge is 0.353 e. The molecule has 2 N–H and O–H groups in total. The van der Waals surface area contributed by atoms with Gasteiger partial charge in [0.15, 0.2) is 5.96 Å². The van der Waals surface area contributed by atoms with Crippen LogP contribution < -0.4 is 10.6 Å². The first-order valence-electron chi connectivity index (χ1n) is 9.41. The van der Waals surface area contributed by atoms with Crippen LogP contribution in [-0.2, 0) is 13.1 Å². The molecule has 1 aliphatic carbocycles. The van der Waals surface area contributed by atoms with E-state index in [2.05, 4.69) is 58.6 Å². The van der Waals surface area contributed by atoms with Gasteiger partial charge < -0.3 is 10.6 Å². The van der Waals surface area contributed by atoms with E-state index in [0.29, 0.717) is 6.04 Å². The standard InChI is InChI=1S/C20H32N4/c1-15-8-10-24(11-9-15)14-18-6-4-17(5-7-18)13-22-20(21-3)23-19-12-16(19)2/h4-7,15-16,19H,8-14H2,1-3H3,(H2,21,22,23). The van der Waals surface area contributed by atoms with Crippen molar-refractivity contribution in [2.24, 2.45) is 16.8 Å². The van der Waals surface area contributed by atoms with E-state index in [9.17, 15) is 0 Å². The molecular weight excluding hydrogens is 296 g/mol. The zero-order chi connectivity index (χ0) is 16.9. The lowest BCUT2D eigenvalue weighted by Gasteiger charge is -2.30. The molecule has 3 rings (SSSR count). The maximum Gasteiger partial charge on any atom is 0.191 e. The van der Waals surface area contributed by atoms with Gasteiger partial charge in [-0.15, -0.1) is 0 Å². The van der Waals surface area contributed by atoms with E-state index in [0.717, 1.165) is 30.9 Å². The van der Waals surface area contributed by atoms with Crippen LogP contribution >= 0.6 is 0 Å². The summed E-state index contributed by atoms with van der Waals surface area (Å²) in [6.45, 7) is 9.03. The van der Waals surface area contributed by atoms with Crippen LogP contribution in [0.2, 0.25) is 0 Å². The molecule has 24 heavy (non-hydrogen) atoms. The summed E-state index contributed by atoms with van der Waals surface area (Å²) in [6.07, 6.45) is 3.94. The number of likely N-dealkylation sites (tertiary alicyclic amines) is 1. The highest BCUT2D eigenvalue weighted by Crippen LogP contribution is 2.28. The van der Waals surface area contributed by atoms with Crippen LogP contribution in [0, 0.1) is 11.8 Å². The minimum atomic E-state index is 0.603. The lowest BCUT2D eigenvalue weighted by Crippen LogP contribution is -2.38. The fourth-order valence-electron chi connectivity index (χ4n) is 3.32. The molecule has 1 saturated heterocycles. The monoisotopic (exact) mass is 328 g/mol. The zero-order valence-electron chi connectivity index (χ0n) is 15.4. The first-order chi connectivity index (χ1) is 11.6.